The van der Waals surface area contributed by atoms with Crippen molar-refractivity contribution in [3.8, 4) is 0 Å². The van der Waals surface area contributed by atoms with Crippen molar-refractivity contribution in [1.82, 2.24) is 0 Å². The molecule has 0 saturated heterocycles. The van der Waals surface area contributed by atoms with Gasteiger partial charge in [0.2, 0.25) is 0 Å². The van der Waals surface area contributed by atoms with Gasteiger partial charge in [-0.2, -0.15) is 0 Å². The molecule has 0 rings (SSSR count). The maximum Gasteiger partial charge on any atom is 0.317 e. The minimum atomic E-state index is -0.672. The Kier molecular flexibility index (Phi) is 44.1. The second kappa shape index (κ2) is 45.6. The minimum Gasteiger partial charge on any atom is -0.462 e. The minimum absolute atomic E-state index is 0.131. The standard InChI is InChI=1S/C52H98O7/c1-5-9-13-17-21-25-29-33-37-41-47(57-49(53)43-39-35-31-27-23-19-15-11-7-3)45-51(55)59-52(56)46-48(42-38-34-30-26-22-18-14-10-6-2)58-50(54)44-40-36-32-28-24-20-16-12-8-4/h47-48H,5-46H2,1-4H3/t47-,48-/m1/s1. The molecule has 7 nitrogen and oxygen atoms in total. The summed E-state index contributed by atoms with van der Waals surface area (Å²) in [6.45, 7) is 8.94. The molecular weight excluding hydrogens is 737 g/mol. The van der Waals surface area contributed by atoms with E-state index >= 15 is 0 Å². The van der Waals surface area contributed by atoms with E-state index in [4.69, 9.17) is 14.2 Å². The molecule has 0 aromatic heterocycles. The summed E-state index contributed by atoms with van der Waals surface area (Å²) < 4.78 is 17.0. The van der Waals surface area contributed by atoms with E-state index in [2.05, 4.69) is 27.7 Å². The van der Waals surface area contributed by atoms with Crippen molar-refractivity contribution in [2.45, 2.75) is 310 Å². The van der Waals surface area contributed by atoms with Gasteiger partial charge in [0.25, 0.3) is 0 Å². The maximum absolute atomic E-state index is 13.1. The molecule has 0 heterocycles. The van der Waals surface area contributed by atoms with Crippen LogP contribution < -0.4 is 0 Å². The fraction of sp³-hybridized carbons (Fsp3) is 0.923. The molecule has 0 aromatic carbocycles. The molecule has 0 saturated carbocycles. The normalized spacial score (nSPS) is 12.3. The predicted molar refractivity (Wildman–Crippen MR) is 247 cm³/mol. The highest BCUT2D eigenvalue weighted by Gasteiger charge is 2.24. The average Bonchev–Trinajstić information content (AvgIpc) is 3.21. The summed E-state index contributed by atoms with van der Waals surface area (Å²) in [4.78, 5) is 52.0. The monoisotopic (exact) mass is 835 g/mol. The highest BCUT2D eigenvalue weighted by molar-refractivity contribution is 5.86. The molecule has 0 aliphatic heterocycles. The van der Waals surface area contributed by atoms with Gasteiger partial charge in [0.05, 0.1) is 12.8 Å². The molecule has 0 fully saturated rings. The number of rotatable bonds is 46. The molecule has 7 heteroatoms. The third-order valence-corrected chi connectivity index (χ3v) is 11.8. The number of esters is 4. The SMILES string of the molecule is CCCCCCCCCCCC(=O)O[C@H](CCCCCCCCCCC)CC(=O)OC(=O)C[C@@H](CCCCCCCCCCC)OC(=O)CCCCCCCCCCC. The Morgan fingerprint density at radius 1 is 0.288 bits per heavy atom. The molecule has 0 spiro atoms. The van der Waals surface area contributed by atoms with Gasteiger partial charge in [0.1, 0.15) is 12.2 Å². The van der Waals surface area contributed by atoms with Crippen LogP contribution in [0.1, 0.15) is 297 Å². The summed E-state index contributed by atoms with van der Waals surface area (Å²) in [5.74, 6) is -1.88. The lowest BCUT2D eigenvalue weighted by atomic mass is 10.0. The summed E-state index contributed by atoms with van der Waals surface area (Å²) >= 11 is 0. The van der Waals surface area contributed by atoms with Gasteiger partial charge in [0, 0.05) is 12.8 Å². The number of hydrogen-bond donors (Lipinski definition) is 0. The van der Waals surface area contributed by atoms with Gasteiger partial charge >= 0.3 is 23.9 Å². The summed E-state index contributed by atoms with van der Waals surface area (Å²) in [6, 6.07) is 0. The Morgan fingerprint density at radius 2 is 0.508 bits per heavy atom. The van der Waals surface area contributed by atoms with Crippen molar-refractivity contribution in [3.63, 3.8) is 0 Å². The number of unbranched alkanes of at least 4 members (excludes halogenated alkanes) is 32. The van der Waals surface area contributed by atoms with Crippen LogP contribution in [0.3, 0.4) is 0 Å². The molecule has 348 valence electrons. The Labute approximate surface area is 365 Å². The zero-order valence-corrected chi connectivity index (χ0v) is 39.7. The van der Waals surface area contributed by atoms with Crippen molar-refractivity contribution >= 4 is 23.9 Å². The van der Waals surface area contributed by atoms with Crippen molar-refractivity contribution in [3.05, 3.63) is 0 Å². The fourth-order valence-corrected chi connectivity index (χ4v) is 8.00. The van der Waals surface area contributed by atoms with E-state index in [1.807, 2.05) is 0 Å². The zero-order chi connectivity index (χ0) is 43.3. The van der Waals surface area contributed by atoms with Crippen LogP contribution in [0.4, 0.5) is 0 Å². The number of carbonyl (C=O) groups is 4. The van der Waals surface area contributed by atoms with E-state index in [9.17, 15) is 19.2 Å². The highest BCUT2D eigenvalue weighted by Crippen LogP contribution is 2.20. The van der Waals surface area contributed by atoms with Crippen molar-refractivity contribution in [2.75, 3.05) is 0 Å². The zero-order valence-electron chi connectivity index (χ0n) is 39.7. The van der Waals surface area contributed by atoms with E-state index in [0.29, 0.717) is 25.7 Å². The molecule has 59 heavy (non-hydrogen) atoms. The molecule has 0 N–H and O–H groups in total. The first-order valence-corrected chi connectivity index (χ1v) is 26.0. The van der Waals surface area contributed by atoms with E-state index in [1.165, 1.54) is 154 Å². The van der Waals surface area contributed by atoms with Gasteiger partial charge in [-0.05, 0) is 38.5 Å². The highest BCUT2D eigenvalue weighted by atomic mass is 16.6. The summed E-state index contributed by atoms with van der Waals surface area (Å²) in [7, 11) is 0. The smallest absolute Gasteiger partial charge is 0.317 e. The third-order valence-electron chi connectivity index (χ3n) is 11.8. The van der Waals surface area contributed by atoms with Crippen LogP contribution >= 0.6 is 0 Å². The molecule has 0 aromatic rings. The predicted octanol–water partition coefficient (Wildman–Crippen LogP) is 16.3. The fourth-order valence-electron chi connectivity index (χ4n) is 8.00. The topological polar surface area (TPSA) is 96.0 Å². The van der Waals surface area contributed by atoms with E-state index in [1.54, 1.807) is 0 Å². The van der Waals surface area contributed by atoms with Crippen molar-refractivity contribution < 1.29 is 33.4 Å². The largest absolute Gasteiger partial charge is 0.462 e. The van der Waals surface area contributed by atoms with Crippen LogP contribution in [-0.4, -0.2) is 36.1 Å². The van der Waals surface area contributed by atoms with Crippen LogP contribution in [-0.2, 0) is 33.4 Å². The first-order chi connectivity index (χ1) is 28.9. The Bertz CT molecular complexity index is 875. The van der Waals surface area contributed by atoms with Crippen molar-refractivity contribution in [2.24, 2.45) is 0 Å². The van der Waals surface area contributed by atoms with Gasteiger partial charge in [-0.1, -0.05) is 233 Å². The van der Waals surface area contributed by atoms with Gasteiger partial charge in [-0.25, -0.2) is 0 Å². The van der Waals surface area contributed by atoms with Crippen LogP contribution in [0.15, 0.2) is 0 Å². The maximum atomic E-state index is 13.1. The summed E-state index contributed by atoms with van der Waals surface area (Å²) in [6.07, 6.45) is 42.7. The van der Waals surface area contributed by atoms with Gasteiger partial charge in [0.15, 0.2) is 0 Å². The molecule has 0 aliphatic carbocycles. The Hall–Kier alpha value is -1.92. The van der Waals surface area contributed by atoms with Crippen LogP contribution in [0.2, 0.25) is 0 Å². The molecule has 0 radical (unpaired) electrons. The Balaban J connectivity index is 5.05. The lowest BCUT2D eigenvalue weighted by Gasteiger charge is -2.19. The molecule has 0 bridgehead atoms. The van der Waals surface area contributed by atoms with Gasteiger partial charge < -0.3 is 14.2 Å². The van der Waals surface area contributed by atoms with Crippen LogP contribution in [0.25, 0.3) is 0 Å². The summed E-state index contributed by atoms with van der Waals surface area (Å²) in [5.41, 5.74) is 0. The second-order valence-electron chi connectivity index (χ2n) is 17.9. The van der Waals surface area contributed by atoms with E-state index in [0.717, 1.165) is 77.0 Å². The molecule has 0 amide bonds. The van der Waals surface area contributed by atoms with Gasteiger partial charge in [-0.3, -0.25) is 19.2 Å². The van der Waals surface area contributed by atoms with Crippen LogP contribution in [0, 0.1) is 0 Å². The lowest BCUT2D eigenvalue weighted by molar-refractivity contribution is -0.165. The van der Waals surface area contributed by atoms with Gasteiger partial charge in [-0.15, -0.1) is 0 Å². The summed E-state index contributed by atoms with van der Waals surface area (Å²) in [5, 5.41) is 0. The third kappa shape index (κ3) is 42.6. The quantitative estimate of drug-likeness (QED) is 0.0261. The van der Waals surface area contributed by atoms with E-state index < -0.39 is 24.1 Å². The van der Waals surface area contributed by atoms with Crippen molar-refractivity contribution in [1.29, 1.82) is 0 Å². The number of carbonyl (C=O) groups excluding carboxylic acids is 4. The van der Waals surface area contributed by atoms with E-state index in [-0.39, 0.29) is 24.8 Å². The first-order valence-electron chi connectivity index (χ1n) is 26.0. The first kappa shape index (κ1) is 57.1. The lowest BCUT2D eigenvalue weighted by Crippen LogP contribution is -2.27. The molecule has 2 atom stereocenters. The number of ether oxygens (including phenoxy) is 3. The molecule has 0 aliphatic rings. The average molecular weight is 835 g/mol. The molecule has 0 unspecified atom stereocenters. The number of hydrogen-bond acceptors (Lipinski definition) is 7. The molecular formula is C52H98O7. The second-order valence-corrected chi connectivity index (χ2v) is 17.9. The Morgan fingerprint density at radius 3 is 0.763 bits per heavy atom. The van der Waals surface area contributed by atoms with Crippen LogP contribution in [0.5, 0.6) is 0 Å².